The van der Waals surface area contributed by atoms with E-state index in [0.717, 1.165) is 0 Å². The third-order valence-electron chi connectivity index (χ3n) is 3.11. The highest BCUT2D eigenvalue weighted by Crippen LogP contribution is 2.23. The van der Waals surface area contributed by atoms with E-state index in [1.807, 2.05) is 11.0 Å². The molecule has 2 rings (SSSR count). The van der Waals surface area contributed by atoms with Crippen molar-refractivity contribution < 1.29 is 9.53 Å². The van der Waals surface area contributed by atoms with Gasteiger partial charge in [0, 0.05) is 25.5 Å². The fraction of sp³-hybridized carbons (Fsp3) is 0.500. The molecule has 18 heavy (non-hydrogen) atoms. The third-order valence-corrected chi connectivity index (χ3v) is 3.11. The molecular weight excluding hydrogens is 232 g/mol. The number of nitriles is 1. The maximum Gasteiger partial charge on any atom is 0.308 e. The molecule has 0 N–H and O–H groups in total. The molecule has 1 aliphatic rings. The molecule has 0 unspecified atom stereocenters. The second kappa shape index (κ2) is 5.45. The molecule has 6 nitrogen and oxygen atoms in total. The zero-order valence-electron chi connectivity index (χ0n) is 10.2. The Kier molecular flexibility index (Phi) is 3.72. The van der Waals surface area contributed by atoms with E-state index in [1.165, 1.54) is 13.3 Å². The molecule has 2 heterocycles. The zero-order valence-corrected chi connectivity index (χ0v) is 10.2. The van der Waals surface area contributed by atoms with Crippen molar-refractivity contribution >= 4 is 11.8 Å². The van der Waals surface area contributed by atoms with E-state index in [2.05, 4.69) is 9.97 Å². The van der Waals surface area contributed by atoms with Crippen LogP contribution in [0, 0.1) is 17.2 Å². The van der Waals surface area contributed by atoms with Gasteiger partial charge in [0.05, 0.1) is 13.0 Å². The Morgan fingerprint density at radius 1 is 1.44 bits per heavy atom. The lowest BCUT2D eigenvalue weighted by Gasteiger charge is -2.31. The fourth-order valence-corrected chi connectivity index (χ4v) is 2.13. The molecule has 0 aliphatic carbocycles. The third kappa shape index (κ3) is 2.40. The summed E-state index contributed by atoms with van der Waals surface area (Å²) in [6.07, 6.45) is 4.51. The molecule has 1 fully saturated rings. The van der Waals surface area contributed by atoms with Crippen LogP contribution in [0.1, 0.15) is 18.5 Å². The van der Waals surface area contributed by atoms with Gasteiger partial charge in [0.25, 0.3) is 0 Å². The molecule has 1 saturated heterocycles. The summed E-state index contributed by atoms with van der Waals surface area (Å²) in [5.74, 6) is 0.395. The van der Waals surface area contributed by atoms with Gasteiger partial charge in [-0.15, -0.1) is 0 Å². The summed E-state index contributed by atoms with van der Waals surface area (Å²) in [5, 5.41) is 8.97. The van der Waals surface area contributed by atoms with Crippen LogP contribution in [0.2, 0.25) is 0 Å². The summed E-state index contributed by atoms with van der Waals surface area (Å²) in [6.45, 7) is 1.38. The molecule has 0 saturated carbocycles. The average molecular weight is 246 g/mol. The van der Waals surface area contributed by atoms with Gasteiger partial charge in [-0.25, -0.2) is 9.97 Å². The van der Waals surface area contributed by atoms with Crippen molar-refractivity contribution in [1.82, 2.24) is 9.97 Å². The first-order chi connectivity index (χ1) is 8.76. The minimum atomic E-state index is -0.158. The molecule has 1 aromatic rings. The van der Waals surface area contributed by atoms with E-state index >= 15 is 0 Å². The summed E-state index contributed by atoms with van der Waals surface area (Å²) in [5.41, 5.74) is 0.328. The first kappa shape index (κ1) is 12.3. The van der Waals surface area contributed by atoms with Gasteiger partial charge in [-0.2, -0.15) is 5.26 Å². The van der Waals surface area contributed by atoms with Crippen LogP contribution in [-0.2, 0) is 9.53 Å². The average Bonchev–Trinajstić information content (AvgIpc) is 2.46. The molecule has 0 bridgehead atoms. The molecule has 0 spiro atoms. The first-order valence-electron chi connectivity index (χ1n) is 5.80. The highest BCUT2D eigenvalue weighted by atomic mass is 16.5. The second-order valence-electron chi connectivity index (χ2n) is 4.12. The van der Waals surface area contributed by atoms with E-state index < -0.39 is 0 Å². The van der Waals surface area contributed by atoms with Gasteiger partial charge >= 0.3 is 5.97 Å². The van der Waals surface area contributed by atoms with E-state index in [-0.39, 0.29) is 11.9 Å². The number of hydrogen-bond acceptors (Lipinski definition) is 6. The minimum Gasteiger partial charge on any atom is -0.469 e. The molecule has 0 atom stereocenters. The Balaban J connectivity index is 2.06. The number of methoxy groups -OCH3 is 1. The van der Waals surface area contributed by atoms with Gasteiger partial charge < -0.3 is 9.64 Å². The predicted octanol–water partition coefficient (Wildman–Crippen LogP) is 0.738. The largest absolute Gasteiger partial charge is 0.469 e. The molecule has 0 aromatic carbocycles. The van der Waals surface area contributed by atoms with E-state index in [4.69, 9.17) is 10.00 Å². The number of carbonyl (C=O) groups is 1. The maximum atomic E-state index is 11.4. The van der Waals surface area contributed by atoms with Crippen molar-refractivity contribution in [3.63, 3.8) is 0 Å². The molecule has 0 radical (unpaired) electrons. The normalized spacial score (nSPS) is 16.1. The van der Waals surface area contributed by atoms with Gasteiger partial charge in [0.2, 0.25) is 0 Å². The van der Waals surface area contributed by atoms with Gasteiger partial charge in [0.15, 0.2) is 11.5 Å². The topological polar surface area (TPSA) is 79.1 Å². The quantitative estimate of drug-likeness (QED) is 0.716. The number of hydrogen-bond donors (Lipinski definition) is 0. The Morgan fingerprint density at radius 2 is 2.11 bits per heavy atom. The lowest BCUT2D eigenvalue weighted by molar-refractivity contribution is -0.146. The predicted molar refractivity (Wildman–Crippen MR) is 63.7 cm³/mol. The first-order valence-corrected chi connectivity index (χ1v) is 5.80. The minimum absolute atomic E-state index is 0.0477. The zero-order chi connectivity index (χ0) is 13.0. The molecular formula is C12H14N4O2. The Labute approximate surface area is 105 Å². The number of aromatic nitrogens is 2. The lowest BCUT2D eigenvalue weighted by Crippen LogP contribution is -2.37. The van der Waals surface area contributed by atoms with Crippen LogP contribution in [0.5, 0.6) is 0 Å². The standard InChI is InChI=1S/C12H14N4O2/c1-18-12(17)9-2-6-16(7-3-9)11-10(8-13)14-4-5-15-11/h4-5,9H,2-3,6-7H2,1H3. The monoisotopic (exact) mass is 246 g/mol. The summed E-state index contributed by atoms with van der Waals surface area (Å²) >= 11 is 0. The number of carbonyl (C=O) groups excluding carboxylic acids is 1. The van der Waals surface area contributed by atoms with Crippen molar-refractivity contribution in [3.05, 3.63) is 18.1 Å². The molecule has 1 aliphatic heterocycles. The number of rotatable bonds is 2. The molecule has 1 aromatic heterocycles. The summed E-state index contributed by atoms with van der Waals surface area (Å²) in [7, 11) is 1.41. The van der Waals surface area contributed by atoms with Gasteiger partial charge in [-0.05, 0) is 12.8 Å². The van der Waals surface area contributed by atoms with E-state index in [0.29, 0.717) is 37.4 Å². The summed E-state index contributed by atoms with van der Waals surface area (Å²) in [4.78, 5) is 21.6. The van der Waals surface area contributed by atoms with Crippen molar-refractivity contribution in [2.45, 2.75) is 12.8 Å². The van der Waals surface area contributed by atoms with Crippen molar-refractivity contribution in [3.8, 4) is 6.07 Å². The van der Waals surface area contributed by atoms with Crippen LogP contribution in [-0.4, -0.2) is 36.1 Å². The van der Waals surface area contributed by atoms with Crippen molar-refractivity contribution in [1.29, 1.82) is 5.26 Å². The molecule has 94 valence electrons. The van der Waals surface area contributed by atoms with E-state index in [9.17, 15) is 4.79 Å². The van der Waals surface area contributed by atoms with Gasteiger partial charge in [-0.1, -0.05) is 0 Å². The lowest BCUT2D eigenvalue weighted by atomic mass is 9.97. The summed E-state index contributed by atoms with van der Waals surface area (Å²) < 4.78 is 4.74. The fourth-order valence-electron chi connectivity index (χ4n) is 2.13. The van der Waals surface area contributed by atoms with Gasteiger partial charge in [0.1, 0.15) is 6.07 Å². The summed E-state index contributed by atoms with van der Waals surface area (Å²) in [6, 6.07) is 2.03. The molecule has 0 amide bonds. The number of anilines is 1. The highest BCUT2D eigenvalue weighted by molar-refractivity contribution is 5.72. The van der Waals surface area contributed by atoms with E-state index in [1.54, 1.807) is 6.20 Å². The number of piperidine rings is 1. The Morgan fingerprint density at radius 3 is 2.72 bits per heavy atom. The second-order valence-corrected chi connectivity index (χ2v) is 4.12. The maximum absolute atomic E-state index is 11.4. The van der Waals surface area contributed by atoms with Crippen LogP contribution in [0.15, 0.2) is 12.4 Å². The Hall–Kier alpha value is -2.16. The van der Waals surface area contributed by atoms with Crippen LogP contribution in [0.4, 0.5) is 5.82 Å². The Bertz CT molecular complexity index is 475. The highest BCUT2D eigenvalue weighted by Gasteiger charge is 2.27. The number of nitrogens with zero attached hydrogens (tertiary/aromatic N) is 4. The van der Waals surface area contributed by atoms with Crippen molar-refractivity contribution in [2.24, 2.45) is 5.92 Å². The van der Waals surface area contributed by atoms with Crippen molar-refractivity contribution in [2.75, 3.05) is 25.1 Å². The van der Waals surface area contributed by atoms with Crippen LogP contribution < -0.4 is 4.90 Å². The number of ether oxygens (including phenoxy) is 1. The van der Waals surface area contributed by atoms with Crippen LogP contribution in [0.25, 0.3) is 0 Å². The van der Waals surface area contributed by atoms with Crippen LogP contribution in [0.3, 0.4) is 0 Å². The smallest absolute Gasteiger partial charge is 0.308 e. The molecule has 6 heteroatoms. The van der Waals surface area contributed by atoms with Crippen LogP contribution >= 0.6 is 0 Å². The SMILES string of the molecule is COC(=O)C1CCN(c2nccnc2C#N)CC1. The van der Waals surface area contributed by atoms with Gasteiger partial charge in [-0.3, -0.25) is 4.79 Å². The number of esters is 1.